The first kappa shape index (κ1) is 19.0. The molecule has 0 saturated heterocycles. The maximum absolute atomic E-state index is 12.8. The molecule has 0 N–H and O–H groups in total. The Kier molecular flexibility index (Phi) is 5.38. The van der Waals surface area contributed by atoms with E-state index in [1.54, 1.807) is 7.11 Å². The number of oxime groups is 1. The van der Waals surface area contributed by atoms with Gasteiger partial charge < -0.3 is 14.3 Å². The van der Waals surface area contributed by atoms with Crippen molar-refractivity contribution in [3.63, 3.8) is 0 Å². The molecule has 0 amide bonds. The highest BCUT2D eigenvalue weighted by Gasteiger charge is 2.54. The third-order valence-electron chi connectivity index (χ3n) is 6.57. The number of methoxy groups -OCH3 is 1. The molecule has 4 aliphatic rings. The average molecular weight is 385 g/mol. The first-order valence-electron chi connectivity index (χ1n) is 10.0. The van der Waals surface area contributed by atoms with Gasteiger partial charge in [0.05, 0.1) is 13.3 Å². The Balaban J connectivity index is 1.20. The first-order valence-corrected chi connectivity index (χ1v) is 10.0. The molecule has 1 aromatic rings. The van der Waals surface area contributed by atoms with Gasteiger partial charge in [-0.1, -0.05) is 5.16 Å². The fourth-order valence-electron chi connectivity index (χ4n) is 5.67. The van der Waals surface area contributed by atoms with Crippen LogP contribution in [-0.4, -0.2) is 38.3 Å². The van der Waals surface area contributed by atoms with Crippen LogP contribution in [0.3, 0.4) is 0 Å². The normalized spacial score (nSPS) is 30.4. The molecule has 4 fully saturated rings. The van der Waals surface area contributed by atoms with E-state index in [4.69, 9.17) is 14.3 Å². The zero-order chi connectivity index (χ0) is 19.6. The lowest BCUT2D eigenvalue weighted by Crippen LogP contribution is -2.51. The summed E-state index contributed by atoms with van der Waals surface area (Å²) in [7, 11) is 1.60. The fraction of sp³-hybridized carbons (Fsp3) is 0.591. The smallest absolute Gasteiger partial charge is 0.347 e. The van der Waals surface area contributed by atoms with Crippen molar-refractivity contribution in [2.75, 3.05) is 20.3 Å². The Hall–Kier alpha value is -2.37. The Morgan fingerprint density at radius 1 is 1.04 bits per heavy atom. The van der Waals surface area contributed by atoms with Gasteiger partial charge in [0.2, 0.25) is 6.61 Å². The zero-order valence-electron chi connectivity index (χ0n) is 16.3. The van der Waals surface area contributed by atoms with Crippen molar-refractivity contribution in [3.05, 3.63) is 29.8 Å². The van der Waals surface area contributed by atoms with Crippen LogP contribution in [0.1, 0.15) is 44.1 Å². The molecule has 1 aromatic carbocycles. The largest absolute Gasteiger partial charge is 0.497 e. The number of carbonyl (C=O) groups is 2. The zero-order valence-corrected chi connectivity index (χ0v) is 16.3. The van der Waals surface area contributed by atoms with E-state index in [2.05, 4.69) is 5.16 Å². The molecule has 4 aliphatic carbocycles. The number of hydrogen-bond donors (Lipinski definition) is 0. The monoisotopic (exact) mass is 385 g/mol. The second kappa shape index (κ2) is 7.94. The van der Waals surface area contributed by atoms with Crippen molar-refractivity contribution in [2.45, 2.75) is 38.5 Å². The number of benzene rings is 1. The van der Waals surface area contributed by atoms with Crippen molar-refractivity contribution in [2.24, 2.45) is 28.3 Å². The lowest BCUT2D eigenvalue weighted by atomic mass is 9.48. The Morgan fingerprint density at radius 3 is 2.21 bits per heavy atom. The molecule has 0 aromatic heterocycles. The van der Waals surface area contributed by atoms with Gasteiger partial charge in [-0.25, -0.2) is 4.79 Å². The number of nitrogens with zero attached hydrogens (tertiary/aromatic N) is 1. The van der Waals surface area contributed by atoms with Gasteiger partial charge in [-0.15, -0.1) is 0 Å². The van der Waals surface area contributed by atoms with E-state index in [1.807, 2.05) is 24.3 Å². The van der Waals surface area contributed by atoms with Crippen LogP contribution in [0.2, 0.25) is 0 Å². The van der Waals surface area contributed by atoms with E-state index < -0.39 is 5.97 Å². The van der Waals surface area contributed by atoms with E-state index in [0.29, 0.717) is 17.8 Å². The molecule has 4 saturated carbocycles. The molecule has 0 heterocycles. The molecule has 0 spiro atoms. The summed E-state index contributed by atoms with van der Waals surface area (Å²) < 4.78 is 10.3. The molecule has 5 rings (SSSR count). The summed E-state index contributed by atoms with van der Waals surface area (Å²) in [6, 6.07) is 7.28. The van der Waals surface area contributed by atoms with Crippen molar-refractivity contribution < 1.29 is 23.9 Å². The molecule has 0 atom stereocenters. The van der Waals surface area contributed by atoms with Crippen LogP contribution in [-0.2, 0) is 19.2 Å². The van der Waals surface area contributed by atoms with Crippen molar-refractivity contribution in [1.82, 2.24) is 0 Å². The van der Waals surface area contributed by atoms with Gasteiger partial charge in [-0.3, -0.25) is 4.79 Å². The number of esters is 1. The highest BCUT2D eigenvalue weighted by atomic mass is 16.7. The minimum absolute atomic E-state index is 0.0988. The molecular formula is C22H27NO5. The second-order valence-electron chi connectivity index (χ2n) is 8.56. The summed E-state index contributed by atoms with van der Waals surface area (Å²) in [6.45, 7) is -0.447. The highest BCUT2D eigenvalue weighted by molar-refractivity contribution is 5.88. The van der Waals surface area contributed by atoms with Gasteiger partial charge in [0.1, 0.15) is 5.75 Å². The summed E-state index contributed by atoms with van der Waals surface area (Å²) in [5.41, 5.74) is 0.591. The van der Waals surface area contributed by atoms with Gasteiger partial charge in [0.25, 0.3) is 0 Å². The standard InChI is InChI=1S/C22H27NO5/c1-26-19-4-2-15(3-5-19)12-23-28-14-21(25)27-13-20(24)22-9-16-6-17(10-22)8-18(7-16)11-22/h2-5,12,16-18H,6-11,13-14H2,1H3/b23-12-. The van der Waals surface area contributed by atoms with Gasteiger partial charge in [0.15, 0.2) is 12.4 Å². The molecule has 6 nitrogen and oxygen atoms in total. The molecule has 0 unspecified atom stereocenters. The number of hydrogen-bond acceptors (Lipinski definition) is 6. The second-order valence-corrected chi connectivity index (χ2v) is 8.56. The van der Waals surface area contributed by atoms with Gasteiger partial charge in [0, 0.05) is 5.41 Å². The predicted octanol–water partition coefficient (Wildman–Crippen LogP) is 3.37. The molecule has 28 heavy (non-hydrogen) atoms. The molecular weight excluding hydrogens is 358 g/mol. The van der Waals surface area contributed by atoms with E-state index >= 15 is 0 Å². The molecule has 0 aliphatic heterocycles. The fourth-order valence-corrected chi connectivity index (χ4v) is 5.67. The van der Waals surface area contributed by atoms with Crippen LogP contribution in [0.15, 0.2) is 29.4 Å². The van der Waals surface area contributed by atoms with Crippen LogP contribution < -0.4 is 4.74 Å². The molecule has 4 bridgehead atoms. The number of Topliss-reactive ketones (excluding diaryl/α,β-unsaturated/α-hetero) is 1. The number of ketones is 1. The van der Waals surface area contributed by atoms with Crippen LogP contribution >= 0.6 is 0 Å². The quantitative estimate of drug-likeness (QED) is 0.390. The topological polar surface area (TPSA) is 74.2 Å². The van der Waals surface area contributed by atoms with Crippen LogP contribution in [0.4, 0.5) is 0 Å². The third-order valence-corrected chi connectivity index (χ3v) is 6.57. The lowest BCUT2D eigenvalue weighted by Gasteiger charge is -2.55. The first-order chi connectivity index (χ1) is 13.6. The summed E-state index contributed by atoms with van der Waals surface area (Å²) in [5.74, 6) is 2.38. The van der Waals surface area contributed by atoms with Crippen LogP contribution in [0.25, 0.3) is 0 Å². The molecule has 150 valence electrons. The molecule has 0 radical (unpaired) electrons. The van der Waals surface area contributed by atoms with Gasteiger partial charge >= 0.3 is 5.97 Å². The Labute approximate surface area is 165 Å². The number of carbonyl (C=O) groups excluding carboxylic acids is 2. The predicted molar refractivity (Wildman–Crippen MR) is 103 cm³/mol. The summed E-state index contributed by atoms with van der Waals surface area (Å²) >= 11 is 0. The minimum atomic E-state index is -0.565. The van der Waals surface area contributed by atoms with E-state index in [9.17, 15) is 9.59 Å². The number of ether oxygens (including phenoxy) is 2. The average Bonchev–Trinajstić information content (AvgIpc) is 2.69. The van der Waals surface area contributed by atoms with Gasteiger partial charge in [-0.05, 0) is 86.1 Å². The van der Waals surface area contributed by atoms with E-state index in [-0.39, 0.29) is 24.4 Å². The Bertz CT molecular complexity index is 719. The Morgan fingerprint density at radius 2 is 1.64 bits per heavy atom. The van der Waals surface area contributed by atoms with Crippen LogP contribution in [0.5, 0.6) is 5.75 Å². The SMILES string of the molecule is COc1ccc(/C=N\OCC(=O)OCC(=O)C23CC4CC(CC(C4)C2)C3)cc1. The third kappa shape index (κ3) is 4.05. The number of rotatable bonds is 8. The van der Waals surface area contributed by atoms with Crippen LogP contribution in [0, 0.1) is 23.2 Å². The molecule has 6 heteroatoms. The lowest BCUT2D eigenvalue weighted by molar-refractivity contribution is -0.160. The maximum atomic E-state index is 12.8. The van der Waals surface area contributed by atoms with Crippen molar-refractivity contribution in [3.8, 4) is 5.75 Å². The van der Waals surface area contributed by atoms with Crippen molar-refractivity contribution in [1.29, 1.82) is 0 Å². The summed E-state index contributed by atoms with van der Waals surface area (Å²) in [6.07, 6.45) is 8.31. The minimum Gasteiger partial charge on any atom is -0.497 e. The maximum Gasteiger partial charge on any atom is 0.347 e. The van der Waals surface area contributed by atoms with Crippen molar-refractivity contribution >= 4 is 18.0 Å². The van der Waals surface area contributed by atoms with E-state index in [0.717, 1.165) is 30.6 Å². The summed E-state index contributed by atoms with van der Waals surface area (Å²) in [5, 5.41) is 3.77. The highest BCUT2D eigenvalue weighted by Crippen LogP contribution is 2.60. The summed E-state index contributed by atoms with van der Waals surface area (Å²) in [4.78, 5) is 29.7. The van der Waals surface area contributed by atoms with E-state index in [1.165, 1.54) is 25.5 Å². The van der Waals surface area contributed by atoms with Gasteiger partial charge in [-0.2, -0.15) is 0 Å².